The third-order valence-electron chi connectivity index (χ3n) is 1.75. The maximum Gasteiger partial charge on any atom is 0.363 e. The van der Waals surface area contributed by atoms with Gasteiger partial charge in [0, 0.05) is 7.05 Å². The Labute approximate surface area is 79.4 Å². The summed E-state index contributed by atoms with van der Waals surface area (Å²) in [5, 5.41) is 14.4. The number of rotatable bonds is 2. The minimum absolute atomic E-state index is 0.144. The number of aromatic nitrogens is 2. The van der Waals surface area contributed by atoms with Gasteiger partial charge in [-0.15, -0.1) is 0 Å². The van der Waals surface area contributed by atoms with Crippen LogP contribution >= 0.6 is 0 Å². The molecule has 1 aromatic heterocycles. The molecule has 0 saturated carbocycles. The molecule has 0 radical (unpaired) electrons. The molecule has 0 bridgehead atoms. The van der Waals surface area contributed by atoms with Crippen molar-refractivity contribution in [2.24, 2.45) is 7.05 Å². The Bertz CT molecular complexity index is 396. The Hall–Kier alpha value is -1.92. The fourth-order valence-corrected chi connectivity index (χ4v) is 1.19. The fraction of sp³-hybridized carbons (Fsp3) is 0.429. The van der Waals surface area contributed by atoms with Gasteiger partial charge in [-0.05, 0) is 6.92 Å². The van der Waals surface area contributed by atoms with E-state index in [0.29, 0.717) is 0 Å². The average molecular weight is 199 g/mol. The molecule has 0 spiro atoms. The average Bonchev–Trinajstić information content (AvgIpc) is 2.39. The number of hydrogen-bond acceptors (Lipinski definition) is 5. The first-order valence-electron chi connectivity index (χ1n) is 3.75. The van der Waals surface area contributed by atoms with Gasteiger partial charge in [-0.2, -0.15) is 5.10 Å². The summed E-state index contributed by atoms with van der Waals surface area (Å²) in [4.78, 5) is 21.2. The fourth-order valence-electron chi connectivity index (χ4n) is 1.19. The van der Waals surface area contributed by atoms with Crippen molar-refractivity contribution < 1.29 is 14.5 Å². The number of nitrogens with zero attached hydrogens (tertiary/aromatic N) is 3. The smallest absolute Gasteiger partial charge is 0.363 e. The van der Waals surface area contributed by atoms with E-state index in [-0.39, 0.29) is 17.1 Å². The quantitative estimate of drug-likeness (QED) is 0.391. The van der Waals surface area contributed by atoms with Crippen LogP contribution in [0.15, 0.2) is 0 Å². The minimum atomic E-state index is -0.764. The van der Waals surface area contributed by atoms with Gasteiger partial charge < -0.3 is 4.74 Å². The lowest BCUT2D eigenvalue weighted by atomic mass is 10.3. The van der Waals surface area contributed by atoms with Gasteiger partial charge in [0.25, 0.3) is 0 Å². The van der Waals surface area contributed by atoms with Crippen LogP contribution < -0.4 is 0 Å². The summed E-state index contributed by atoms with van der Waals surface area (Å²) < 4.78 is 5.56. The van der Waals surface area contributed by atoms with E-state index in [1.807, 2.05) is 0 Å². The molecule has 0 aliphatic heterocycles. The summed E-state index contributed by atoms with van der Waals surface area (Å²) in [6.45, 7) is 1.46. The molecule has 7 nitrogen and oxygen atoms in total. The predicted molar refractivity (Wildman–Crippen MR) is 45.9 cm³/mol. The predicted octanol–water partition coefficient (Wildman–Crippen LogP) is 0.423. The van der Waals surface area contributed by atoms with E-state index < -0.39 is 10.9 Å². The molecule has 76 valence electrons. The summed E-state index contributed by atoms with van der Waals surface area (Å²) in [6.07, 6.45) is 0. The maximum absolute atomic E-state index is 11.2. The number of methoxy groups -OCH3 is 1. The van der Waals surface area contributed by atoms with E-state index in [9.17, 15) is 14.9 Å². The van der Waals surface area contributed by atoms with Crippen molar-refractivity contribution in [3.8, 4) is 0 Å². The normalized spacial score (nSPS) is 9.93. The summed E-state index contributed by atoms with van der Waals surface area (Å²) in [5.74, 6) is -0.764. The standard InChI is InChI=1S/C7H9N3O4/c1-4-5(10(12)13)6(7(11)14-3)9(2)8-4/h1-3H3. The molecule has 0 aromatic carbocycles. The Morgan fingerprint density at radius 1 is 1.64 bits per heavy atom. The highest BCUT2D eigenvalue weighted by molar-refractivity contribution is 5.92. The first-order valence-corrected chi connectivity index (χ1v) is 3.75. The number of esters is 1. The summed E-state index contributed by atoms with van der Waals surface area (Å²) in [7, 11) is 2.61. The van der Waals surface area contributed by atoms with Gasteiger partial charge in [-0.25, -0.2) is 4.79 Å². The van der Waals surface area contributed by atoms with E-state index in [0.717, 1.165) is 11.8 Å². The minimum Gasteiger partial charge on any atom is -0.464 e. The monoisotopic (exact) mass is 199 g/mol. The molecular weight excluding hydrogens is 190 g/mol. The van der Waals surface area contributed by atoms with Gasteiger partial charge in [0.15, 0.2) is 0 Å². The van der Waals surface area contributed by atoms with Crippen LogP contribution in [0.2, 0.25) is 0 Å². The topological polar surface area (TPSA) is 87.3 Å². The second-order valence-electron chi connectivity index (χ2n) is 2.65. The summed E-state index contributed by atoms with van der Waals surface area (Å²) in [5.41, 5.74) is -0.257. The van der Waals surface area contributed by atoms with Gasteiger partial charge in [0.05, 0.1) is 12.0 Å². The van der Waals surface area contributed by atoms with Crippen molar-refractivity contribution in [2.45, 2.75) is 6.92 Å². The summed E-state index contributed by atoms with van der Waals surface area (Å²) >= 11 is 0. The van der Waals surface area contributed by atoms with Crippen LogP contribution in [0.25, 0.3) is 0 Å². The highest BCUT2D eigenvalue weighted by Crippen LogP contribution is 2.22. The SMILES string of the molecule is COC(=O)c1c([N+](=O)[O-])c(C)nn1C. The first kappa shape index (κ1) is 10.2. The molecule has 0 atom stereocenters. The molecule has 14 heavy (non-hydrogen) atoms. The Balaban J connectivity index is 3.39. The number of ether oxygens (including phenoxy) is 1. The van der Waals surface area contributed by atoms with Gasteiger partial charge in [-0.1, -0.05) is 0 Å². The zero-order valence-corrected chi connectivity index (χ0v) is 7.97. The second-order valence-corrected chi connectivity index (χ2v) is 2.65. The molecule has 0 amide bonds. The van der Waals surface area contributed by atoms with E-state index in [1.54, 1.807) is 0 Å². The number of aryl methyl sites for hydroxylation is 2. The van der Waals surface area contributed by atoms with Crippen molar-refractivity contribution in [1.82, 2.24) is 9.78 Å². The lowest BCUT2D eigenvalue weighted by Crippen LogP contribution is -2.10. The van der Waals surface area contributed by atoms with Crippen molar-refractivity contribution in [1.29, 1.82) is 0 Å². The van der Waals surface area contributed by atoms with Crippen LogP contribution in [0.1, 0.15) is 16.2 Å². The number of carbonyl (C=O) groups excluding carboxylic acids is 1. The van der Waals surface area contributed by atoms with E-state index in [1.165, 1.54) is 14.0 Å². The molecule has 0 fully saturated rings. The van der Waals surface area contributed by atoms with E-state index >= 15 is 0 Å². The van der Waals surface area contributed by atoms with Gasteiger partial charge in [0.1, 0.15) is 5.69 Å². The Kier molecular flexibility index (Phi) is 2.50. The molecule has 0 unspecified atom stereocenters. The first-order chi connectivity index (χ1) is 6.49. The lowest BCUT2D eigenvalue weighted by molar-refractivity contribution is -0.385. The second kappa shape index (κ2) is 3.44. The van der Waals surface area contributed by atoms with Crippen LogP contribution in [0.3, 0.4) is 0 Å². The zero-order valence-electron chi connectivity index (χ0n) is 7.97. The Morgan fingerprint density at radius 2 is 2.21 bits per heavy atom. The van der Waals surface area contributed by atoms with Gasteiger partial charge in [0.2, 0.25) is 5.69 Å². The van der Waals surface area contributed by atoms with Gasteiger partial charge >= 0.3 is 11.7 Å². The molecule has 0 aliphatic carbocycles. The maximum atomic E-state index is 11.2. The number of nitro groups is 1. The Morgan fingerprint density at radius 3 is 2.64 bits per heavy atom. The highest BCUT2D eigenvalue weighted by Gasteiger charge is 2.29. The van der Waals surface area contributed by atoms with E-state index in [4.69, 9.17) is 0 Å². The third-order valence-corrected chi connectivity index (χ3v) is 1.75. The van der Waals surface area contributed by atoms with Crippen LogP contribution in [-0.4, -0.2) is 27.8 Å². The number of carbonyl (C=O) groups is 1. The van der Waals surface area contributed by atoms with Crippen LogP contribution in [0, 0.1) is 17.0 Å². The zero-order chi connectivity index (χ0) is 10.9. The molecule has 0 aliphatic rings. The van der Waals surface area contributed by atoms with Crippen molar-refractivity contribution >= 4 is 11.7 Å². The van der Waals surface area contributed by atoms with Crippen LogP contribution in [0.5, 0.6) is 0 Å². The molecule has 1 rings (SSSR count). The molecule has 1 aromatic rings. The summed E-state index contributed by atoms with van der Waals surface area (Å²) in [6, 6.07) is 0. The van der Waals surface area contributed by atoms with Crippen molar-refractivity contribution in [3.05, 3.63) is 21.5 Å². The molecule has 0 saturated heterocycles. The van der Waals surface area contributed by atoms with Crippen LogP contribution in [-0.2, 0) is 11.8 Å². The van der Waals surface area contributed by atoms with Crippen molar-refractivity contribution in [2.75, 3.05) is 7.11 Å². The van der Waals surface area contributed by atoms with Gasteiger partial charge in [-0.3, -0.25) is 14.8 Å². The highest BCUT2D eigenvalue weighted by atomic mass is 16.6. The third kappa shape index (κ3) is 1.43. The molecular formula is C7H9N3O4. The largest absolute Gasteiger partial charge is 0.464 e. The number of hydrogen-bond donors (Lipinski definition) is 0. The van der Waals surface area contributed by atoms with Crippen molar-refractivity contribution in [3.63, 3.8) is 0 Å². The lowest BCUT2D eigenvalue weighted by Gasteiger charge is -1.97. The molecule has 0 N–H and O–H groups in total. The molecule has 7 heteroatoms. The van der Waals surface area contributed by atoms with E-state index in [2.05, 4.69) is 9.84 Å². The molecule has 1 heterocycles. The van der Waals surface area contributed by atoms with Crippen LogP contribution in [0.4, 0.5) is 5.69 Å².